The van der Waals surface area contributed by atoms with Crippen LogP contribution in [-0.2, 0) is 0 Å². The van der Waals surface area contributed by atoms with Crippen LogP contribution in [0.5, 0.6) is 5.75 Å². The largest absolute Gasteiger partial charge is 0.493 e. The zero-order chi connectivity index (χ0) is 26.0. The third kappa shape index (κ3) is 6.29. The molecule has 0 amide bonds. The number of aryl methyl sites for hydroxylation is 1. The van der Waals surface area contributed by atoms with Gasteiger partial charge in [-0.2, -0.15) is 0 Å². The maximum atomic E-state index is 9.84. The van der Waals surface area contributed by atoms with Gasteiger partial charge in [-0.25, -0.2) is 4.98 Å². The number of amidine groups is 1. The van der Waals surface area contributed by atoms with Crippen molar-refractivity contribution in [1.82, 2.24) is 15.2 Å². The number of nitrogens with zero attached hydrogens (tertiary/aromatic N) is 2. The fourth-order valence-electron chi connectivity index (χ4n) is 4.96. The molecule has 0 atom stereocenters. The molecule has 35 heavy (non-hydrogen) atoms. The summed E-state index contributed by atoms with van der Waals surface area (Å²) < 4.78 is 11.4. The van der Waals surface area contributed by atoms with Crippen molar-refractivity contribution in [3.8, 4) is 17.2 Å². The first-order valence-corrected chi connectivity index (χ1v) is 11.9. The molecule has 1 aromatic heterocycles. The van der Waals surface area contributed by atoms with Crippen molar-refractivity contribution < 1.29 is 14.4 Å². The second-order valence-electron chi connectivity index (χ2n) is 10.4. The number of anilines is 1. The standard InChI is InChI=1S/C26H38N6O3/c1-8-34-21-12-17(24-29-15-16(2)35-24)11-20(30-33)23(21)19(27)9-10-22(28)32(7)18-13-25(3,4)31-26(5,6)14-18/h9-12,15,18,27-28,30-31,33H,8,13-14H2,1-7H3. The van der Waals surface area contributed by atoms with Gasteiger partial charge in [-0.3, -0.25) is 16.1 Å². The molecule has 0 radical (unpaired) electrons. The molecule has 3 rings (SSSR count). The summed E-state index contributed by atoms with van der Waals surface area (Å²) in [5, 5.41) is 30.8. The summed E-state index contributed by atoms with van der Waals surface area (Å²) in [6, 6.07) is 3.59. The fraction of sp³-hybridized carbons (Fsp3) is 0.500. The Labute approximate surface area is 207 Å². The zero-order valence-corrected chi connectivity index (χ0v) is 21.7. The van der Waals surface area contributed by atoms with E-state index in [9.17, 15) is 5.21 Å². The Balaban J connectivity index is 1.85. The summed E-state index contributed by atoms with van der Waals surface area (Å²) in [6.07, 6.45) is 6.62. The van der Waals surface area contributed by atoms with Crippen LogP contribution in [0.15, 0.2) is 34.9 Å². The molecule has 0 bridgehead atoms. The number of hydrogen-bond acceptors (Lipinski definition) is 8. The monoisotopic (exact) mass is 482 g/mol. The van der Waals surface area contributed by atoms with Crippen molar-refractivity contribution in [1.29, 1.82) is 10.8 Å². The Kier molecular flexibility index (Phi) is 7.71. The predicted octanol–water partition coefficient (Wildman–Crippen LogP) is 4.99. The van der Waals surface area contributed by atoms with E-state index in [4.69, 9.17) is 20.0 Å². The molecule has 1 saturated heterocycles. The van der Waals surface area contributed by atoms with Gasteiger partial charge in [0.05, 0.1) is 29.8 Å². The molecule has 9 heteroatoms. The lowest BCUT2D eigenvalue weighted by Gasteiger charge is -2.49. The second-order valence-corrected chi connectivity index (χ2v) is 10.4. The van der Waals surface area contributed by atoms with E-state index in [0.29, 0.717) is 41.0 Å². The highest BCUT2D eigenvalue weighted by Crippen LogP contribution is 2.35. The highest BCUT2D eigenvalue weighted by atomic mass is 16.5. The summed E-state index contributed by atoms with van der Waals surface area (Å²) >= 11 is 0. The van der Waals surface area contributed by atoms with Crippen LogP contribution >= 0.6 is 0 Å². The minimum Gasteiger partial charge on any atom is -0.493 e. The van der Waals surface area contributed by atoms with Crippen molar-refractivity contribution in [3.63, 3.8) is 0 Å². The molecule has 1 aliphatic rings. The van der Waals surface area contributed by atoms with Gasteiger partial charge in [0, 0.05) is 29.7 Å². The first-order chi connectivity index (χ1) is 16.4. The smallest absolute Gasteiger partial charge is 0.226 e. The molecule has 1 fully saturated rings. The van der Waals surface area contributed by atoms with Crippen LogP contribution in [0.25, 0.3) is 11.5 Å². The third-order valence-electron chi connectivity index (χ3n) is 6.16. The van der Waals surface area contributed by atoms with E-state index in [0.717, 1.165) is 12.8 Å². The predicted molar refractivity (Wildman–Crippen MR) is 139 cm³/mol. The van der Waals surface area contributed by atoms with Gasteiger partial charge in [-0.1, -0.05) is 0 Å². The number of likely N-dealkylation sites (N-methyl/N-ethyl adjacent to an activating group) is 1. The summed E-state index contributed by atoms with van der Waals surface area (Å²) in [6.45, 7) is 12.8. The topological polar surface area (TPSA) is 130 Å². The van der Waals surface area contributed by atoms with Gasteiger partial charge < -0.3 is 24.8 Å². The number of benzene rings is 1. The summed E-state index contributed by atoms with van der Waals surface area (Å²) in [5.74, 6) is 1.79. The molecule has 2 heterocycles. The number of rotatable bonds is 8. The van der Waals surface area contributed by atoms with Gasteiger partial charge in [0.25, 0.3) is 0 Å². The van der Waals surface area contributed by atoms with Gasteiger partial charge in [0.15, 0.2) is 0 Å². The van der Waals surface area contributed by atoms with Gasteiger partial charge in [0.1, 0.15) is 17.3 Å². The number of nitrogens with one attached hydrogen (secondary N) is 4. The number of aromatic nitrogens is 1. The lowest BCUT2D eigenvalue weighted by Crippen LogP contribution is -2.62. The summed E-state index contributed by atoms with van der Waals surface area (Å²) in [5.41, 5.74) is 3.50. The van der Waals surface area contributed by atoms with Crippen LogP contribution in [0.4, 0.5) is 5.69 Å². The molecule has 1 aromatic carbocycles. The van der Waals surface area contributed by atoms with Gasteiger partial charge >= 0.3 is 0 Å². The Morgan fingerprint density at radius 3 is 2.46 bits per heavy atom. The number of piperidine rings is 1. The summed E-state index contributed by atoms with van der Waals surface area (Å²) in [7, 11) is 1.93. The van der Waals surface area contributed by atoms with E-state index in [1.165, 1.54) is 0 Å². The van der Waals surface area contributed by atoms with E-state index in [1.54, 1.807) is 37.4 Å². The molecule has 0 spiro atoms. The maximum Gasteiger partial charge on any atom is 0.226 e. The second kappa shape index (κ2) is 10.2. The highest BCUT2D eigenvalue weighted by molar-refractivity contribution is 6.14. The van der Waals surface area contributed by atoms with Crippen LogP contribution in [0.1, 0.15) is 58.8 Å². The molecule has 0 unspecified atom stereocenters. The van der Waals surface area contributed by atoms with E-state index < -0.39 is 0 Å². The number of oxazole rings is 1. The molecule has 0 saturated carbocycles. The van der Waals surface area contributed by atoms with Crippen LogP contribution in [0.3, 0.4) is 0 Å². The van der Waals surface area contributed by atoms with E-state index in [2.05, 4.69) is 43.5 Å². The average molecular weight is 483 g/mol. The lowest BCUT2D eigenvalue weighted by atomic mass is 9.79. The van der Waals surface area contributed by atoms with Crippen LogP contribution in [0, 0.1) is 17.7 Å². The van der Waals surface area contributed by atoms with Crippen LogP contribution in [-0.4, -0.2) is 57.4 Å². The fourth-order valence-corrected chi connectivity index (χ4v) is 4.96. The number of allylic oxidation sites excluding steroid dienone is 1. The van der Waals surface area contributed by atoms with Crippen molar-refractivity contribution in [2.75, 3.05) is 19.1 Å². The molecular formula is C26H38N6O3. The number of hydrogen-bond donors (Lipinski definition) is 5. The van der Waals surface area contributed by atoms with Crippen molar-refractivity contribution in [2.45, 2.75) is 71.5 Å². The lowest BCUT2D eigenvalue weighted by molar-refractivity contribution is 0.114. The van der Waals surface area contributed by atoms with Crippen molar-refractivity contribution in [2.24, 2.45) is 0 Å². The first kappa shape index (κ1) is 26.4. The van der Waals surface area contributed by atoms with Crippen LogP contribution < -0.4 is 15.5 Å². The third-order valence-corrected chi connectivity index (χ3v) is 6.16. The van der Waals surface area contributed by atoms with Crippen LogP contribution in [0.2, 0.25) is 0 Å². The van der Waals surface area contributed by atoms with Gasteiger partial charge in [-0.15, -0.1) is 0 Å². The molecular weight excluding hydrogens is 444 g/mol. The Hall–Kier alpha value is -3.17. The van der Waals surface area contributed by atoms with E-state index in [1.807, 2.05) is 18.9 Å². The van der Waals surface area contributed by atoms with Crippen molar-refractivity contribution >= 4 is 17.2 Å². The summed E-state index contributed by atoms with van der Waals surface area (Å²) in [4.78, 5) is 6.21. The molecule has 2 aromatic rings. The first-order valence-electron chi connectivity index (χ1n) is 11.9. The normalized spacial score (nSPS) is 17.4. The Morgan fingerprint density at radius 2 is 1.91 bits per heavy atom. The van der Waals surface area contributed by atoms with Gasteiger partial charge in [0.2, 0.25) is 5.89 Å². The maximum absolute atomic E-state index is 9.84. The SMILES string of the molecule is CCOc1cc(-c2ncc(C)o2)cc(NO)c1C(=N)C=CC(=N)N(C)C1CC(C)(C)NC(C)(C)C1. The molecule has 5 N–H and O–H groups in total. The Bertz CT molecular complexity index is 1100. The van der Waals surface area contributed by atoms with Gasteiger partial charge in [-0.05, 0) is 78.7 Å². The quantitative estimate of drug-likeness (QED) is 0.203. The van der Waals surface area contributed by atoms with Crippen molar-refractivity contribution in [3.05, 3.63) is 41.8 Å². The molecule has 9 nitrogen and oxygen atoms in total. The molecule has 1 aliphatic heterocycles. The van der Waals surface area contributed by atoms with E-state index >= 15 is 0 Å². The van der Waals surface area contributed by atoms with E-state index in [-0.39, 0.29) is 28.5 Å². The molecule has 0 aliphatic carbocycles. The zero-order valence-electron chi connectivity index (χ0n) is 21.7. The average Bonchev–Trinajstić information content (AvgIpc) is 3.20. The highest BCUT2D eigenvalue weighted by Gasteiger charge is 2.39. The minimum absolute atomic E-state index is 0.0331. The number of ether oxygens (including phenoxy) is 1. The molecule has 190 valence electrons. The Morgan fingerprint density at radius 1 is 1.26 bits per heavy atom. The minimum atomic E-state index is -0.0331.